The lowest BCUT2D eigenvalue weighted by Gasteiger charge is -1.94. The number of hydrogen-bond donors (Lipinski definition) is 0. The maximum absolute atomic E-state index is 5.48. The normalized spacial score (nSPS) is 7.73. The molecule has 2 radical (unpaired) electrons. The Labute approximate surface area is 68.3 Å². The lowest BCUT2D eigenvalue weighted by molar-refractivity contribution is 0.823. The molecule has 4 N–H and O–H groups in total. The predicted octanol–water partition coefficient (Wildman–Crippen LogP) is -0.607. The summed E-state index contributed by atoms with van der Waals surface area (Å²) >= 11 is 0. The second kappa shape index (κ2) is 5.95. The summed E-state index contributed by atoms with van der Waals surface area (Å²) in [6, 6.07) is 7.96. The van der Waals surface area contributed by atoms with Crippen LogP contribution in [0.2, 0.25) is 0 Å². The van der Waals surface area contributed by atoms with Crippen LogP contribution in [0.25, 0.3) is 0 Å². The van der Waals surface area contributed by atoms with E-state index in [1.165, 1.54) is 5.56 Å². The Hall–Kier alpha value is -0.795. The van der Waals surface area contributed by atoms with Crippen LogP contribution in [0.15, 0.2) is 24.3 Å². The molecule has 0 saturated carbocycles. The molecule has 60 valence electrons. The molecule has 0 aromatic heterocycles. The van der Waals surface area contributed by atoms with Gasteiger partial charge in [0.15, 0.2) is 0 Å². The van der Waals surface area contributed by atoms with Gasteiger partial charge in [-0.3, -0.25) is 0 Å². The third-order valence-corrected chi connectivity index (χ3v) is 1.39. The molecule has 0 fully saturated rings. The molecule has 0 unspecified atom stereocenters. The third kappa shape index (κ3) is 3.81. The van der Waals surface area contributed by atoms with Crippen molar-refractivity contribution in [1.29, 1.82) is 0 Å². The minimum Gasteiger partial charge on any atom is -0.412 e. The maximum atomic E-state index is 5.48. The second-order valence-corrected chi connectivity index (χ2v) is 2.10. The summed E-state index contributed by atoms with van der Waals surface area (Å²) in [7, 11) is 5.48. The molecule has 0 atom stereocenters. The molecule has 0 saturated heterocycles. The van der Waals surface area contributed by atoms with Crippen molar-refractivity contribution in [1.82, 2.24) is 0 Å². The van der Waals surface area contributed by atoms with Crippen LogP contribution in [-0.4, -0.2) is 18.8 Å². The minimum atomic E-state index is 0. The Kier molecular flexibility index (Phi) is 6.95. The average molecular weight is 152 g/mol. The molecule has 1 aromatic rings. The molecule has 2 nitrogen and oxygen atoms in total. The van der Waals surface area contributed by atoms with E-state index in [9.17, 15) is 0 Å². The Bertz CT molecular complexity index is 184. The van der Waals surface area contributed by atoms with Crippen LogP contribution < -0.4 is 5.46 Å². The average Bonchev–Trinajstić information content (AvgIpc) is 1.90. The lowest BCUT2D eigenvalue weighted by atomic mass is 9.95. The van der Waals surface area contributed by atoms with Gasteiger partial charge in [-0.1, -0.05) is 36.7 Å². The molecule has 0 amide bonds. The molecular formula is C8H13BO2. The van der Waals surface area contributed by atoms with Gasteiger partial charge in [0.2, 0.25) is 0 Å². The summed E-state index contributed by atoms with van der Waals surface area (Å²) in [5, 5.41) is 0. The number of rotatable bonds is 1. The molecule has 1 rings (SSSR count). The van der Waals surface area contributed by atoms with Gasteiger partial charge in [-0.2, -0.15) is 0 Å². The molecule has 0 bridgehead atoms. The topological polar surface area (TPSA) is 63.0 Å². The van der Waals surface area contributed by atoms with E-state index >= 15 is 0 Å². The number of benzene rings is 1. The third-order valence-electron chi connectivity index (χ3n) is 1.39. The predicted molar refractivity (Wildman–Crippen MR) is 48.4 cm³/mol. The Morgan fingerprint density at radius 3 is 1.91 bits per heavy atom. The lowest BCUT2D eigenvalue weighted by Crippen LogP contribution is -1.99. The summed E-state index contributed by atoms with van der Waals surface area (Å²) in [5.41, 5.74) is 2.18. The van der Waals surface area contributed by atoms with Gasteiger partial charge in [0.25, 0.3) is 0 Å². The van der Waals surface area contributed by atoms with E-state index < -0.39 is 0 Å². The fourth-order valence-corrected chi connectivity index (χ4v) is 0.753. The van der Waals surface area contributed by atoms with Crippen molar-refractivity contribution in [3.05, 3.63) is 29.8 Å². The standard InChI is InChI=1S/C8H9B.2H2O/c1-2-7-3-5-8(9)6-4-7;;/h3-6H,2H2,1H3;2*1H2. The molecule has 1 aromatic carbocycles. The molecule has 0 aliphatic carbocycles. The summed E-state index contributed by atoms with van der Waals surface area (Å²) in [6.45, 7) is 2.13. The van der Waals surface area contributed by atoms with Crippen molar-refractivity contribution in [2.45, 2.75) is 13.3 Å². The van der Waals surface area contributed by atoms with Gasteiger partial charge in [0.05, 0.1) is 0 Å². The molecule has 0 aliphatic rings. The molecule has 0 heterocycles. The van der Waals surface area contributed by atoms with Crippen LogP contribution in [0.3, 0.4) is 0 Å². The van der Waals surface area contributed by atoms with Gasteiger partial charge in [0, 0.05) is 0 Å². The zero-order valence-corrected chi connectivity index (χ0v) is 6.59. The fourth-order valence-electron chi connectivity index (χ4n) is 0.753. The van der Waals surface area contributed by atoms with E-state index in [-0.39, 0.29) is 11.0 Å². The highest BCUT2D eigenvalue weighted by Gasteiger charge is 1.84. The van der Waals surface area contributed by atoms with Crippen molar-refractivity contribution in [3.8, 4) is 0 Å². The van der Waals surface area contributed by atoms with Crippen LogP contribution in [0.1, 0.15) is 12.5 Å². The van der Waals surface area contributed by atoms with E-state index in [2.05, 4.69) is 19.1 Å². The first kappa shape index (κ1) is 12.8. The van der Waals surface area contributed by atoms with Crippen LogP contribution >= 0.6 is 0 Å². The monoisotopic (exact) mass is 152 g/mol. The quantitative estimate of drug-likeness (QED) is 0.482. The Balaban J connectivity index is 0. The van der Waals surface area contributed by atoms with Crippen molar-refractivity contribution in [2.75, 3.05) is 0 Å². The number of aryl methyl sites for hydroxylation is 1. The molecule has 3 heteroatoms. The van der Waals surface area contributed by atoms with Crippen LogP contribution in [0.4, 0.5) is 0 Å². The highest BCUT2D eigenvalue weighted by atomic mass is 16.0. The Morgan fingerprint density at radius 1 is 1.09 bits per heavy atom. The zero-order chi connectivity index (χ0) is 6.69. The molecule has 11 heavy (non-hydrogen) atoms. The van der Waals surface area contributed by atoms with E-state index in [4.69, 9.17) is 7.85 Å². The summed E-state index contributed by atoms with van der Waals surface area (Å²) < 4.78 is 0. The summed E-state index contributed by atoms with van der Waals surface area (Å²) in [6.07, 6.45) is 1.08. The van der Waals surface area contributed by atoms with E-state index in [0.717, 1.165) is 11.9 Å². The first-order chi connectivity index (χ1) is 4.33. The highest BCUT2D eigenvalue weighted by Crippen LogP contribution is 1.95. The van der Waals surface area contributed by atoms with Crippen molar-refractivity contribution < 1.29 is 11.0 Å². The van der Waals surface area contributed by atoms with Gasteiger partial charge in [-0.15, -0.1) is 0 Å². The fraction of sp³-hybridized carbons (Fsp3) is 0.250. The van der Waals surface area contributed by atoms with Crippen LogP contribution in [0, 0.1) is 0 Å². The SMILES string of the molecule is O.O.[B]c1ccc(CC)cc1. The van der Waals surface area contributed by atoms with Gasteiger partial charge >= 0.3 is 0 Å². The number of hydrogen-bond acceptors (Lipinski definition) is 0. The van der Waals surface area contributed by atoms with Gasteiger partial charge in [-0.25, -0.2) is 0 Å². The highest BCUT2D eigenvalue weighted by molar-refractivity contribution is 6.32. The van der Waals surface area contributed by atoms with Crippen LogP contribution in [0.5, 0.6) is 0 Å². The smallest absolute Gasteiger partial charge is 0.113 e. The van der Waals surface area contributed by atoms with Crippen molar-refractivity contribution >= 4 is 13.3 Å². The molecular weight excluding hydrogens is 139 g/mol. The van der Waals surface area contributed by atoms with E-state index in [1.54, 1.807) is 0 Å². The van der Waals surface area contributed by atoms with E-state index in [0.29, 0.717) is 0 Å². The first-order valence-corrected chi connectivity index (χ1v) is 3.17. The van der Waals surface area contributed by atoms with Gasteiger partial charge < -0.3 is 11.0 Å². The Morgan fingerprint density at radius 2 is 1.55 bits per heavy atom. The largest absolute Gasteiger partial charge is 0.412 e. The minimum absolute atomic E-state index is 0. The van der Waals surface area contributed by atoms with E-state index in [1.807, 2.05) is 12.1 Å². The summed E-state index contributed by atoms with van der Waals surface area (Å²) in [5.74, 6) is 0. The molecule has 0 aliphatic heterocycles. The maximum Gasteiger partial charge on any atom is 0.113 e. The molecule has 0 spiro atoms. The van der Waals surface area contributed by atoms with Gasteiger partial charge in [-0.05, 0) is 12.0 Å². The van der Waals surface area contributed by atoms with Crippen molar-refractivity contribution in [2.24, 2.45) is 0 Å². The van der Waals surface area contributed by atoms with Crippen molar-refractivity contribution in [3.63, 3.8) is 0 Å². The first-order valence-electron chi connectivity index (χ1n) is 3.17. The zero-order valence-electron chi connectivity index (χ0n) is 6.59. The van der Waals surface area contributed by atoms with Crippen LogP contribution in [-0.2, 0) is 6.42 Å². The second-order valence-electron chi connectivity index (χ2n) is 2.10. The van der Waals surface area contributed by atoms with Gasteiger partial charge in [0.1, 0.15) is 7.85 Å². The summed E-state index contributed by atoms with van der Waals surface area (Å²) in [4.78, 5) is 0.